The lowest BCUT2D eigenvalue weighted by atomic mass is 9.95. The Hall–Kier alpha value is -0.530. The van der Waals surface area contributed by atoms with E-state index in [4.69, 9.17) is 17.3 Å². The van der Waals surface area contributed by atoms with Gasteiger partial charge in [-0.05, 0) is 49.9 Å². The second kappa shape index (κ2) is 3.69. The maximum absolute atomic E-state index is 6.14. The summed E-state index contributed by atoms with van der Waals surface area (Å²) in [6.45, 7) is 8.12. The van der Waals surface area contributed by atoms with Crippen molar-refractivity contribution >= 4 is 11.6 Å². The third-order valence-electron chi connectivity index (χ3n) is 2.39. The van der Waals surface area contributed by atoms with Crippen LogP contribution < -0.4 is 5.73 Å². The van der Waals surface area contributed by atoms with Crippen molar-refractivity contribution in [2.75, 3.05) is 0 Å². The summed E-state index contributed by atoms with van der Waals surface area (Å²) >= 11 is 6.14. The third-order valence-corrected chi connectivity index (χ3v) is 2.97. The molecule has 0 aliphatic carbocycles. The van der Waals surface area contributed by atoms with E-state index in [0.29, 0.717) is 0 Å². The van der Waals surface area contributed by atoms with Crippen molar-refractivity contribution in [3.05, 3.63) is 33.3 Å². The molecule has 0 aliphatic rings. The van der Waals surface area contributed by atoms with Crippen LogP contribution in [0.2, 0.25) is 5.02 Å². The second-order valence-corrected chi connectivity index (χ2v) is 4.03. The Kier molecular flexibility index (Phi) is 2.99. The highest BCUT2D eigenvalue weighted by Crippen LogP contribution is 2.29. The molecule has 0 saturated carbocycles. The van der Waals surface area contributed by atoms with Gasteiger partial charge in [0.1, 0.15) is 0 Å². The summed E-state index contributed by atoms with van der Waals surface area (Å²) in [4.78, 5) is 0. The first-order valence-electron chi connectivity index (χ1n) is 4.47. The second-order valence-electron chi connectivity index (χ2n) is 3.65. The minimum Gasteiger partial charge on any atom is -0.324 e. The van der Waals surface area contributed by atoms with E-state index in [9.17, 15) is 0 Å². The van der Waals surface area contributed by atoms with Gasteiger partial charge in [-0.1, -0.05) is 17.7 Å². The van der Waals surface area contributed by atoms with Gasteiger partial charge in [0.15, 0.2) is 0 Å². The van der Waals surface area contributed by atoms with Gasteiger partial charge in [-0.3, -0.25) is 0 Å². The molecule has 1 aromatic carbocycles. The number of hydrogen-bond donors (Lipinski definition) is 1. The van der Waals surface area contributed by atoms with Gasteiger partial charge in [-0.25, -0.2) is 0 Å². The van der Waals surface area contributed by atoms with Gasteiger partial charge < -0.3 is 5.73 Å². The summed E-state index contributed by atoms with van der Waals surface area (Å²) in [7, 11) is 0. The molecule has 0 spiro atoms. The third kappa shape index (κ3) is 1.87. The molecule has 1 aromatic rings. The fraction of sp³-hybridized carbons (Fsp3) is 0.455. The van der Waals surface area contributed by atoms with Crippen molar-refractivity contribution in [2.45, 2.75) is 33.7 Å². The Morgan fingerprint density at radius 3 is 2.23 bits per heavy atom. The molecule has 1 atom stereocenters. The Morgan fingerprint density at radius 2 is 1.77 bits per heavy atom. The van der Waals surface area contributed by atoms with Crippen LogP contribution >= 0.6 is 11.6 Å². The molecular formula is C11H16ClN. The van der Waals surface area contributed by atoms with Crippen molar-refractivity contribution in [1.82, 2.24) is 0 Å². The van der Waals surface area contributed by atoms with E-state index < -0.39 is 0 Å². The zero-order valence-corrected chi connectivity index (χ0v) is 9.37. The number of benzene rings is 1. The molecule has 2 N–H and O–H groups in total. The molecule has 0 heterocycles. The SMILES string of the molecule is Cc1cc(C)c(C(C)N)c(C)c1Cl. The smallest absolute Gasteiger partial charge is 0.0467 e. The Bertz CT molecular complexity index is 329. The lowest BCUT2D eigenvalue weighted by Gasteiger charge is -2.16. The number of nitrogens with two attached hydrogens (primary N) is 1. The molecule has 0 aliphatic heterocycles. The minimum absolute atomic E-state index is 0.0538. The van der Waals surface area contributed by atoms with Crippen LogP contribution in [0.25, 0.3) is 0 Å². The Labute approximate surface area is 84.9 Å². The zero-order chi connectivity index (χ0) is 10.2. The summed E-state index contributed by atoms with van der Waals surface area (Å²) in [5.74, 6) is 0. The standard InChI is InChI=1S/C11H16ClN/c1-6-5-7(2)11(12)8(3)10(6)9(4)13/h5,9H,13H2,1-4H3. The summed E-state index contributed by atoms with van der Waals surface area (Å²) in [5.41, 5.74) is 10.5. The quantitative estimate of drug-likeness (QED) is 0.735. The molecule has 0 bridgehead atoms. The van der Waals surface area contributed by atoms with Crippen LogP contribution in [0.15, 0.2) is 6.07 Å². The van der Waals surface area contributed by atoms with Crippen LogP contribution in [0.5, 0.6) is 0 Å². The summed E-state index contributed by atoms with van der Waals surface area (Å²) in [6.07, 6.45) is 0. The van der Waals surface area contributed by atoms with Crippen molar-refractivity contribution in [3.8, 4) is 0 Å². The van der Waals surface area contributed by atoms with Gasteiger partial charge in [0.05, 0.1) is 0 Å². The van der Waals surface area contributed by atoms with E-state index >= 15 is 0 Å². The van der Waals surface area contributed by atoms with E-state index in [1.165, 1.54) is 11.1 Å². The molecule has 2 heteroatoms. The highest BCUT2D eigenvalue weighted by atomic mass is 35.5. The maximum Gasteiger partial charge on any atom is 0.0467 e. The van der Waals surface area contributed by atoms with Crippen LogP contribution in [0, 0.1) is 20.8 Å². The molecular weight excluding hydrogens is 182 g/mol. The fourth-order valence-electron chi connectivity index (χ4n) is 1.88. The molecule has 0 saturated heterocycles. The van der Waals surface area contributed by atoms with E-state index in [-0.39, 0.29) is 6.04 Å². The molecule has 1 unspecified atom stereocenters. The average molecular weight is 198 g/mol. The monoisotopic (exact) mass is 197 g/mol. The Morgan fingerprint density at radius 1 is 1.23 bits per heavy atom. The van der Waals surface area contributed by atoms with Crippen LogP contribution in [-0.4, -0.2) is 0 Å². The van der Waals surface area contributed by atoms with E-state index in [1.54, 1.807) is 0 Å². The summed E-state index contributed by atoms with van der Waals surface area (Å²) < 4.78 is 0. The van der Waals surface area contributed by atoms with Crippen LogP contribution in [0.3, 0.4) is 0 Å². The van der Waals surface area contributed by atoms with Crippen molar-refractivity contribution < 1.29 is 0 Å². The lowest BCUT2D eigenvalue weighted by molar-refractivity contribution is 0.801. The van der Waals surface area contributed by atoms with Gasteiger partial charge in [0.25, 0.3) is 0 Å². The largest absolute Gasteiger partial charge is 0.324 e. The molecule has 0 amide bonds. The number of rotatable bonds is 1. The van der Waals surface area contributed by atoms with Gasteiger partial charge >= 0.3 is 0 Å². The first-order valence-corrected chi connectivity index (χ1v) is 4.84. The fourth-order valence-corrected chi connectivity index (χ4v) is 2.03. The molecule has 72 valence electrons. The van der Waals surface area contributed by atoms with E-state index in [0.717, 1.165) is 16.1 Å². The molecule has 0 radical (unpaired) electrons. The molecule has 1 nitrogen and oxygen atoms in total. The first-order chi connectivity index (χ1) is 5.95. The van der Waals surface area contributed by atoms with E-state index in [2.05, 4.69) is 13.0 Å². The summed E-state index contributed by atoms with van der Waals surface area (Å²) in [5, 5.41) is 0.845. The van der Waals surface area contributed by atoms with Crippen LogP contribution in [0.4, 0.5) is 0 Å². The normalized spacial score (nSPS) is 13.1. The van der Waals surface area contributed by atoms with Crippen molar-refractivity contribution in [2.24, 2.45) is 5.73 Å². The highest BCUT2D eigenvalue weighted by molar-refractivity contribution is 6.32. The number of aryl methyl sites for hydroxylation is 2. The van der Waals surface area contributed by atoms with Gasteiger partial charge in [0.2, 0.25) is 0 Å². The van der Waals surface area contributed by atoms with Gasteiger partial charge in [0, 0.05) is 11.1 Å². The maximum atomic E-state index is 6.14. The van der Waals surface area contributed by atoms with Gasteiger partial charge in [-0.2, -0.15) is 0 Å². The first kappa shape index (κ1) is 10.6. The number of halogens is 1. The van der Waals surface area contributed by atoms with Gasteiger partial charge in [-0.15, -0.1) is 0 Å². The summed E-state index contributed by atoms with van der Waals surface area (Å²) in [6, 6.07) is 2.15. The molecule has 0 aromatic heterocycles. The van der Waals surface area contributed by atoms with Crippen molar-refractivity contribution in [3.63, 3.8) is 0 Å². The number of hydrogen-bond acceptors (Lipinski definition) is 1. The Balaban J connectivity index is 3.44. The van der Waals surface area contributed by atoms with Crippen LogP contribution in [0.1, 0.15) is 35.2 Å². The molecule has 1 rings (SSSR count). The van der Waals surface area contributed by atoms with Crippen molar-refractivity contribution in [1.29, 1.82) is 0 Å². The topological polar surface area (TPSA) is 26.0 Å². The molecule has 13 heavy (non-hydrogen) atoms. The van der Waals surface area contributed by atoms with Crippen LogP contribution in [-0.2, 0) is 0 Å². The minimum atomic E-state index is 0.0538. The predicted octanol–water partition coefficient (Wildman–Crippen LogP) is 3.28. The lowest BCUT2D eigenvalue weighted by Crippen LogP contribution is -2.09. The zero-order valence-electron chi connectivity index (χ0n) is 8.61. The molecule has 0 fully saturated rings. The predicted molar refractivity (Wildman–Crippen MR) is 58.3 cm³/mol. The average Bonchev–Trinajstić information content (AvgIpc) is 1.99. The van der Waals surface area contributed by atoms with E-state index in [1.807, 2.05) is 20.8 Å². The highest BCUT2D eigenvalue weighted by Gasteiger charge is 2.11.